The fraction of sp³-hybridized carbons (Fsp3) is 0.235. The highest BCUT2D eigenvalue weighted by Gasteiger charge is 2.39. The van der Waals surface area contributed by atoms with Crippen molar-refractivity contribution in [2.75, 3.05) is 0 Å². The first-order chi connectivity index (χ1) is 9.60. The maximum absolute atomic E-state index is 11.9. The van der Waals surface area contributed by atoms with Crippen LogP contribution in [0.4, 0.5) is 0 Å². The Morgan fingerprint density at radius 2 is 1.70 bits per heavy atom. The third kappa shape index (κ3) is 2.70. The fourth-order valence-electron chi connectivity index (χ4n) is 2.51. The monoisotopic (exact) mass is 288 g/mol. The average Bonchev–Trinajstić information content (AvgIpc) is 2.47. The molecular weight excluding hydrogens is 272 g/mol. The lowest BCUT2D eigenvalue weighted by Gasteiger charge is -2.29. The average molecular weight is 289 g/mol. The first-order valence-corrected chi connectivity index (χ1v) is 7.00. The van der Waals surface area contributed by atoms with Gasteiger partial charge in [0.25, 0.3) is 0 Å². The van der Waals surface area contributed by atoms with Crippen LogP contribution >= 0.6 is 11.6 Å². The van der Waals surface area contributed by atoms with Crippen LogP contribution < -0.4 is 0 Å². The minimum Gasteiger partial charge on any atom is -0.481 e. The van der Waals surface area contributed by atoms with Crippen LogP contribution in [-0.2, 0) is 16.6 Å². The Morgan fingerprint density at radius 3 is 2.25 bits per heavy atom. The van der Waals surface area contributed by atoms with Gasteiger partial charge in [-0.1, -0.05) is 67.1 Å². The van der Waals surface area contributed by atoms with Crippen molar-refractivity contribution in [3.05, 3.63) is 70.7 Å². The molecule has 0 fully saturated rings. The molecule has 2 aromatic rings. The van der Waals surface area contributed by atoms with Crippen LogP contribution in [0.1, 0.15) is 24.5 Å². The van der Waals surface area contributed by atoms with E-state index in [1.165, 1.54) is 0 Å². The molecule has 0 radical (unpaired) electrons. The van der Waals surface area contributed by atoms with Gasteiger partial charge < -0.3 is 5.11 Å². The van der Waals surface area contributed by atoms with Gasteiger partial charge in [-0.3, -0.25) is 4.79 Å². The summed E-state index contributed by atoms with van der Waals surface area (Å²) in [4.78, 5) is 11.9. The zero-order valence-corrected chi connectivity index (χ0v) is 12.1. The second-order valence-electron chi connectivity index (χ2n) is 4.88. The molecular formula is C17H17ClO2. The van der Waals surface area contributed by atoms with E-state index < -0.39 is 11.4 Å². The van der Waals surface area contributed by atoms with Gasteiger partial charge in [0.05, 0.1) is 5.41 Å². The predicted octanol–water partition coefficient (Wildman–Crippen LogP) is 4.32. The van der Waals surface area contributed by atoms with Crippen LogP contribution in [-0.4, -0.2) is 11.1 Å². The molecule has 2 rings (SSSR count). The third-order valence-electron chi connectivity index (χ3n) is 3.79. The highest BCUT2D eigenvalue weighted by Crippen LogP contribution is 2.34. The lowest BCUT2D eigenvalue weighted by Crippen LogP contribution is -2.37. The van der Waals surface area contributed by atoms with Crippen LogP contribution in [0.15, 0.2) is 54.6 Å². The summed E-state index contributed by atoms with van der Waals surface area (Å²) in [5, 5.41) is 10.4. The topological polar surface area (TPSA) is 37.3 Å². The van der Waals surface area contributed by atoms with Crippen molar-refractivity contribution in [2.45, 2.75) is 25.2 Å². The largest absolute Gasteiger partial charge is 0.481 e. The Hall–Kier alpha value is -1.80. The molecule has 0 saturated carbocycles. The van der Waals surface area contributed by atoms with Crippen molar-refractivity contribution < 1.29 is 9.90 Å². The van der Waals surface area contributed by atoms with Crippen LogP contribution in [0, 0.1) is 0 Å². The lowest BCUT2D eigenvalue weighted by atomic mass is 9.73. The van der Waals surface area contributed by atoms with Crippen molar-refractivity contribution in [3.63, 3.8) is 0 Å². The smallest absolute Gasteiger partial charge is 0.314 e. The number of benzene rings is 2. The molecule has 1 N–H and O–H groups in total. The maximum Gasteiger partial charge on any atom is 0.314 e. The van der Waals surface area contributed by atoms with Crippen molar-refractivity contribution in [2.24, 2.45) is 0 Å². The molecule has 0 heterocycles. The summed E-state index contributed by atoms with van der Waals surface area (Å²) in [6.07, 6.45) is 0.903. The first kappa shape index (κ1) is 14.6. The normalized spacial score (nSPS) is 13.7. The van der Waals surface area contributed by atoms with E-state index in [9.17, 15) is 9.90 Å². The summed E-state index contributed by atoms with van der Waals surface area (Å²) >= 11 is 6.19. The molecule has 0 bridgehead atoms. The number of carboxylic acid groups (broad SMARTS) is 1. The van der Waals surface area contributed by atoms with E-state index in [4.69, 9.17) is 11.6 Å². The van der Waals surface area contributed by atoms with E-state index in [-0.39, 0.29) is 0 Å². The Balaban J connectivity index is 2.49. The number of halogens is 1. The Morgan fingerprint density at radius 1 is 1.10 bits per heavy atom. The predicted molar refractivity (Wildman–Crippen MR) is 81.2 cm³/mol. The molecule has 2 nitrogen and oxygen atoms in total. The Labute approximate surface area is 124 Å². The summed E-state index contributed by atoms with van der Waals surface area (Å²) in [5.41, 5.74) is 0.740. The number of hydrogen-bond acceptors (Lipinski definition) is 1. The zero-order chi connectivity index (χ0) is 14.6. The molecule has 0 saturated heterocycles. The van der Waals surface area contributed by atoms with Gasteiger partial charge in [-0.05, 0) is 30.0 Å². The molecule has 0 amide bonds. The Kier molecular flexibility index (Phi) is 4.46. The van der Waals surface area contributed by atoms with Gasteiger partial charge in [-0.15, -0.1) is 0 Å². The van der Waals surface area contributed by atoms with E-state index >= 15 is 0 Å². The van der Waals surface area contributed by atoms with Crippen LogP contribution in [0.5, 0.6) is 0 Å². The minimum absolute atomic E-state index is 0.391. The fourth-order valence-corrected chi connectivity index (χ4v) is 2.71. The van der Waals surface area contributed by atoms with Crippen molar-refractivity contribution in [1.82, 2.24) is 0 Å². The molecule has 2 aromatic carbocycles. The van der Waals surface area contributed by atoms with Gasteiger partial charge in [0.2, 0.25) is 0 Å². The number of aliphatic carboxylic acids is 1. The second-order valence-corrected chi connectivity index (χ2v) is 5.28. The Bertz CT molecular complexity index is 595. The van der Waals surface area contributed by atoms with Gasteiger partial charge >= 0.3 is 5.97 Å². The number of carboxylic acids is 1. The summed E-state index contributed by atoms with van der Waals surface area (Å²) in [6, 6.07) is 16.8. The van der Waals surface area contributed by atoms with E-state index in [1.807, 2.05) is 55.5 Å². The summed E-state index contributed by atoms with van der Waals surface area (Å²) in [7, 11) is 0. The molecule has 20 heavy (non-hydrogen) atoms. The quantitative estimate of drug-likeness (QED) is 0.890. The highest BCUT2D eigenvalue weighted by atomic mass is 35.5. The molecule has 3 heteroatoms. The van der Waals surface area contributed by atoms with Gasteiger partial charge in [-0.25, -0.2) is 0 Å². The van der Waals surface area contributed by atoms with Crippen molar-refractivity contribution in [1.29, 1.82) is 0 Å². The standard InChI is InChI=1S/C17H17ClO2/c1-2-17(16(19)20,14-9-4-3-5-10-14)12-13-8-6-7-11-15(13)18/h3-11H,2,12H2,1H3,(H,19,20). The molecule has 0 aliphatic rings. The van der Waals surface area contributed by atoms with Crippen LogP contribution in [0.25, 0.3) is 0 Å². The summed E-state index contributed by atoms with van der Waals surface area (Å²) in [6.45, 7) is 1.90. The molecule has 0 aliphatic carbocycles. The minimum atomic E-state index is -0.938. The summed E-state index contributed by atoms with van der Waals surface area (Å²) < 4.78 is 0. The van der Waals surface area contributed by atoms with Gasteiger partial charge in [0.1, 0.15) is 0 Å². The third-order valence-corrected chi connectivity index (χ3v) is 4.16. The summed E-state index contributed by atoms with van der Waals surface area (Å²) in [5.74, 6) is -0.814. The number of carbonyl (C=O) groups is 1. The van der Waals surface area contributed by atoms with Gasteiger partial charge in [0, 0.05) is 5.02 Å². The van der Waals surface area contributed by atoms with Crippen LogP contribution in [0.2, 0.25) is 5.02 Å². The van der Waals surface area contributed by atoms with Crippen molar-refractivity contribution in [3.8, 4) is 0 Å². The van der Waals surface area contributed by atoms with E-state index in [0.29, 0.717) is 17.9 Å². The zero-order valence-electron chi connectivity index (χ0n) is 11.3. The molecule has 0 spiro atoms. The maximum atomic E-state index is 11.9. The number of hydrogen-bond donors (Lipinski definition) is 1. The highest BCUT2D eigenvalue weighted by molar-refractivity contribution is 6.31. The molecule has 0 aromatic heterocycles. The SMILES string of the molecule is CCC(Cc1ccccc1Cl)(C(=O)O)c1ccccc1. The van der Waals surface area contributed by atoms with Crippen LogP contribution in [0.3, 0.4) is 0 Å². The molecule has 1 atom stereocenters. The molecule has 0 aliphatic heterocycles. The molecule has 1 unspecified atom stereocenters. The molecule has 104 valence electrons. The lowest BCUT2D eigenvalue weighted by molar-refractivity contribution is -0.144. The number of rotatable bonds is 5. The van der Waals surface area contributed by atoms with Gasteiger partial charge in [-0.2, -0.15) is 0 Å². The second kappa shape index (κ2) is 6.10. The van der Waals surface area contributed by atoms with E-state index in [1.54, 1.807) is 6.07 Å². The van der Waals surface area contributed by atoms with Gasteiger partial charge in [0.15, 0.2) is 0 Å². The van der Waals surface area contributed by atoms with E-state index in [0.717, 1.165) is 11.1 Å². The first-order valence-electron chi connectivity index (χ1n) is 6.62. The van der Waals surface area contributed by atoms with E-state index in [2.05, 4.69) is 0 Å². The van der Waals surface area contributed by atoms with Crippen molar-refractivity contribution >= 4 is 17.6 Å².